The summed E-state index contributed by atoms with van der Waals surface area (Å²) in [4.78, 5) is 11.1. The SMILES string of the molecule is CCc1ccc(N)c2ccc(=O)oc12. The summed E-state index contributed by atoms with van der Waals surface area (Å²) in [5.74, 6) is 0. The molecule has 14 heavy (non-hydrogen) atoms. The standard InChI is InChI=1S/C11H11NO2/c1-2-7-3-5-9(12)8-4-6-10(13)14-11(7)8/h3-6H,2,12H2,1H3. The van der Waals surface area contributed by atoms with Gasteiger partial charge < -0.3 is 10.2 Å². The van der Waals surface area contributed by atoms with Gasteiger partial charge in [-0.2, -0.15) is 0 Å². The van der Waals surface area contributed by atoms with Crippen LogP contribution in [-0.4, -0.2) is 0 Å². The molecule has 2 rings (SSSR count). The van der Waals surface area contributed by atoms with Crippen molar-refractivity contribution in [1.29, 1.82) is 0 Å². The second kappa shape index (κ2) is 3.18. The maximum atomic E-state index is 11.1. The number of benzene rings is 1. The van der Waals surface area contributed by atoms with E-state index in [9.17, 15) is 4.79 Å². The van der Waals surface area contributed by atoms with Gasteiger partial charge in [0.25, 0.3) is 0 Å². The highest BCUT2D eigenvalue weighted by atomic mass is 16.4. The minimum Gasteiger partial charge on any atom is -0.422 e. The van der Waals surface area contributed by atoms with Crippen LogP contribution in [0.5, 0.6) is 0 Å². The number of nitrogen functional groups attached to an aromatic ring is 1. The van der Waals surface area contributed by atoms with Crippen LogP contribution in [0.4, 0.5) is 5.69 Å². The first-order chi connectivity index (χ1) is 6.72. The summed E-state index contributed by atoms with van der Waals surface area (Å²) >= 11 is 0. The van der Waals surface area contributed by atoms with Crippen molar-refractivity contribution in [1.82, 2.24) is 0 Å². The molecule has 0 aliphatic heterocycles. The Balaban J connectivity index is 2.92. The topological polar surface area (TPSA) is 56.2 Å². The minimum absolute atomic E-state index is 0.335. The molecule has 0 atom stereocenters. The molecule has 3 nitrogen and oxygen atoms in total. The lowest BCUT2D eigenvalue weighted by Crippen LogP contribution is -1.98. The van der Waals surface area contributed by atoms with E-state index >= 15 is 0 Å². The lowest BCUT2D eigenvalue weighted by molar-refractivity contribution is 0.557. The molecule has 1 aromatic carbocycles. The maximum absolute atomic E-state index is 11.1. The molecule has 3 heteroatoms. The number of hydrogen-bond donors (Lipinski definition) is 1. The molecular weight excluding hydrogens is 178 g/mol. The zero-order valence-electron chi connectivity index (χ0n) is 7.91. The first-order valence-electron chi connectivity index (χ1n) is 4.53. The molecule has 1 heterocycles. The number of fused-ring (bicyclic) bond motifs is 1. The van der Waals surface area contributed by atoms with Crippen LogP contribution in [0.2, 0.25) is 0 Å². The van der Waals surface area contributed by atoms with Crippen molar-refractivity contribution < 1.29 is 4.42 Å². The lowest BCUT2D eigenvalue weighted by atomic mass is 10.1. The highest BCUT2D eigenvalue weighted by Crippen LogP contribution is 2.23. The van der Waals surface area contributed by atoms with Crippen LogP contribution < -0.4 is 11.4 Å². The van der Waals surface area contributed by atoms with E-state index in [-0.39, 0.29) is 5.63 Å². The molecule has 2 aromatic rings. The first kappa shape index (κ1) is 8.81. The summed E-state index contributed by atoms with van der Waals surface area (Å²) in [6.07, 6.45) is 0.823. The van der Waals surface area contributed by atoms with Crippen molar-refractivity contribution in [2.24, 2.45) is 0 Å². The third-order valence-electron chi connectivity index (χ3n) is 2.28. The average Bonchev–Trinajstić information content (AvgIpc) is 2.18. The third-order valence-corrected chi connectivity index (χ3v) is 2.28. The largest absolute Gasteiger partial charge is 0.422 e. The Kier molecular flexibility index (Phi) is 2.00. The van der Waals surface area contributed by atoms with Gasteiger partial charge in [0.15, 0.2) is 0 Å². The third kappa shape index (κ3) is 1.27. The van der Waals surface area contributed by atoms with Gasteiger partial charge in [-0.3, -0.25) is 0 Å². The van der Waals surface area contributed by atoms with E-state index in [1.807, 2.05) is 19.1 Å². The van der Waals surface area contributed by atoms with E-state index in [0.717, 1.165) is 17.4 Å². The normalized spacial score (nSPS) is 10.6. The minimum atomic E-state index is -0.335. The van der Waals surface area contributed by atoms with Crippen LogP contribution in [0.15, 0.2) is 33.5 Å². The second-order valence-electron chi connectivity index (χ2n) is 3.16. The smallest absolute Gasteiger partial charge is 0.336 e. The second-order valence-corrected chi connectivity index (χ2v) is 3.16. The van der Waals surface area contributed by atoms with Crippen molar-refractivity contribution in [3.8, 4) is 0 Å². The molecule has 0 saturated carbocycles. The average molecular weight is 189 g/mol. The molecule has 0 aliphatic rings. The molecule has 0 unspecified atom stereocenters. The predicted octanol–water partition coefficient (Wildman–Crippen LogP) is 1.94. The Hall–Kier alpha value is -1.77. The summed E-state index contributed by atoms with van der Waals surface area (Å²) in [5, 5.41) is 0.809. The lowest BCUT2D eigenvalue weighted by Gasteiger charge is -2.04. The summed E-state index contributed by atoms with van der Waals surface area (Å²) in [6.45, 7) is 2.01. The van der Waals surface area contributed by atoms with Gasteiger partial charge in [-0.15, -0.1) is 0 Å². The molecular formula is C11H11NO2. The van der Waals surface area contributed by atoms with E-state index in [1.165, 1.54) is 6.07 Å². The van der Waals surface area contributed by atoms with Crippen molar-refractivity contribution >= 4 is 16.7 Å². The van der Waals surface area contributed by atoms with E-state index in [2.05, 4.69) is 0 Å². The molecule has 2 N–H and O–H groups in total. The monoisotopic (exact) mass is 189 g/mol. The highest BCUT2D eigenvalue weighted by Gasteiger charge is 2.05. The molecule has 0 bridgehead atoms. The number of aryl methyl sites for hydroxylation is 1. The van der Waals surface area contributed by atoms with E-state index < -0.39 is 0 Å². The molecule has 0 saturated heterocycles. The number of rotatable bonds is 1. The molecule has 72 valence electrons. The predicted molar refractivity (Wildman–Crippen MR) is 56.3 cm³/mol. The van der Waals surface area contributed by atoms with Gasteiger partial charge in [0.2, 0.25) is 0 Å². The number of nitrogens with two attached hydrogens (primary N) is 1. The van der Waals surface area contributed by atoms with Crippen molar-refractivity contribution in [2.45, 2.75) is 13.3 Å². The Bertz CT molecular complexity index is 528. The van der Waals surface area contributed by atoms with Crippen molar-refractivity contribution in [3.63, 3.8) is 0 Å². The fourth-order valence-electron chi connectivity index (χ4n) is 1.52. The molecule has 0 fully saturated rings. The zero-order chi connectivity index (χ0) is 10.1. The summed E-state index contributed by atoms with van der Waals surface area (Å²) in [5.41, 5.74) is 7.69. The Morgan fingerprint density at radius 1 is 1.29 bits per heavy atom. The van der Waals surface area contributed by atoms with E-state index in [4.69, 9.17) is 10.2 Å². The maximum Gasteiger partial charge on any atom is 0.336 e. The van der Waals surface area contributed by atoms with Crippen LogP contribution in [0.1, 0.15) is 12.5 Å². The Morgan fingerprint density at radius 3 is 2.79 bits per heavy atom. The van der Waals surface area contributed by atoms with Crippen LogP contribution in [0.25, 0.3) is 11.0 Å². The van der Waals surface area contributed by atoms with Gasteiger partial charge in [0, 0.05) is 17.1 Å². The van der Waals surface area contributed by atoms with Crippen LogP contribution in [-0.2, 0) is 6.42 Å². The van der Waals surface area contributed by atoms with E-state index in [1.54, 1.807) is 6.07 Å². The Morgan fingerprint density at radius 2 is 2.07 bits per heavy atom. The fourth-order valence-corrected chi connectivity index (χ4v) is 1.52. The van der Waals surface area contributed by atoms with Gasteiger partial charge in [0.1, 0.15) is 5.58 Å². The van der Waals surface area contributed by atoms with Gasteiger partial charge >= 0.3 is 5.63 Å². The molecule has 1 aromatic heterocycles. The Labute approximate surface area is 81.1 Å². The van der Waals surface area contributed by atoms with Crippen molar-refractivity contribution in [3.05, 3.63) is 40.2 Å². The fraction of sp³-hybridized carbons (Fsp3) is 0.182. The molecule has 0 amide bonds. The summed E-state index contributed by atoms with van der Waals surface area (Å²) in [7, 11) is 0. The van der Waals surface area contributed by atoms with Crippen LogP contribution in [0, 0.1) is 0 Å². The zero-order valence-corrected chi connectivity index (χ0v) is 7.91. The van der Waals surface area contributed by atoms with Crippen molar-refractivity contribution in [2.75, 3.05) is 5.73 Å². The number of anilines is 1. The van der Waals surface area contributed by atoms with Gasteiger partial charge in [-0.25, -0.2) is 4.79 Å². The van der Waals surface area contributed by atoms with Gasteiger partial charge in [0.05, 0.1) is 0 Å². The summed E-state index contributed by atoms with van der Waals surface area (Å²) in [6, 6.07) is 6.82. The first-order valence-corrected chi connectivity index (χ1v) is 4.53. The van der Waals surface area contributed by atoms with Gasteiger partial charge in [-0.05, 0) is 24.1 Å². The number of hydrogen-bond acceptors (Lipinski definition) is 3. The van der Waals surface area contributed by atoms with Crippen LogP contribution >= 0.6 is 0 Å². The molecule has 0 aliphatic carbocycles. The molecule has 0 radical (unpaired) electrons. The van der Waals surface area contributed by atoms with Crippen LogP contribution in [0.3, 0.4) is 0 Å². The molecule has 0 spiro atoms. The van der Waals surface area contributed by atoms with Gasteiger partial charge in [-0.1, -0.05) is 13.0 Å². The highest BCUT2D eigenvalue weighted by molar-refractivity contribution is 5.90. The van der Waals surface area contributed by atoms with E-state index in [0.29, 0.717) is 11.3 Å². The quantitative estimate of drug-likeness (QED) is 0.551. The summed E-state index contributed by atoms with van der Waals surface area (Å²) < 4.78 is 5.13.